The van der Waals surface area contributed by atoms with Gasteiger partial charge in [0.2, 0.25) is 5.96 Å². The molecular weight excluding hydrogens is 404 g/mol. The van der Waals surface area contributed by atoms with Crippen molar-refractivity contribution in [3.8, 4) is 0 Å². The molecule has 0 saturated carbocycles. The molecule has 0 spiro atoms. The van der Waals surface area contributed by atoms with Gasteiger partial charge in [0, 0.05) is 38.0 Å². The molecule has 0 amide bonds. The van der Waals surface area contributed by atoms with Crippen molar-refractivity contribution in [1.29, 1.82) is 0 Å². The number of aryl methyl sites for hydroxylation is 1. The van der Waals surface area contributed by atoms with E-state index in [1.165, 1.54) is 0 Å². The van der Waals surface area contributed by atoms with Gasteiger partial charge < -0.3 is 20.3 Å². The molecule has 1 saturated heterocycles. The number of ether oxygens (including phenoxy) is 1. The number of anilines is 1. The third-order valence-electron chi connectivity index (χ3n) is 6.20. The van der Waals surface area contributed by atoms with Crippen molar-refractivity contribution in [3.63, 3.8) is 0 Å². The summed E-state index contributed by atoms with van der Waals surface area (Å²) in [6, 6.07) is 4.61. The monoisotopic (exact) mass is 440 g/mol. The fourth-order valence-corrected chi connectivity index (χ4v) is 4.44. The Morgan fingerprint density at radius 1 is 1.28 bits per heavy atom. The lowest BCUT2D eigenvalue weighted by atomic mass is 10.0. The quantitative estimate of drug-likeness (QED) is 0.659. The van der Waals surface area contributed by atoms with Gasteiger partial charge in [0.15, 0.2) is 0 Å². The summed E-state index contributed by atoms with van der Waals surface area (Å²) in [5.41, 5.74) is 2.24. The van der Waals surface area contributed by atoms with Gasteiger partial charge in [-0.05, 0) is 51.8 Å². The van der Waals surface area contributed by atoms with Crippen molar-refractivity contribution in [2.45, 2.75) is 65.2 Å². The second-order valence-electron chi connectivity index (χ2n) is 8.77. The maximum atomic E-state index is 5.62. The van der Waals surface area contributed by atoms with Gasteiger partial charge in [-0.3, -0.25) is 5.01 Å². The predicted octanol–water partition coefficient (Wildman–Crippen LogP) is 2.11. The van der Waals surface area contributed by atoms with Gasteiger partial charge in [0.05, 0.1) is 18.9 Å². The van der Waals surface area contributed by atoms with E-state index in [0.29, 0.717) is 31.8 Å². The van der Waals surface area contributed by atoms with Crippen LogP contribution in [0, 0.1) is 6.92 Å². The molecular formula is C23H36N8O. The summed E-state index contributed by atoms with van der Waals surface area (Å²) >= 11 is 0. The molecule has 1 aromatic heterocycles. The van der Waals surface area contributed by atoms with Crippen LogP contribution in [0.1, 0.15) is 39.7 Å². The Balaban J connectivity index is 1.68. The van der Waals surface area contributed by atoms with Gasteiger partial charge in [-0.15, -0.1) is 0 Å². The SMILES string of the molecule is CCOCCN1N=C(CC)C2N=C(N3C[C@H](C)NC[C@H]3C)N=C(Nc3cc(C)ccn3)C21. The zero-order valence-electron chi connectivity index (χ0n) is 19.9. The Morgan fingerprint density at radius 3 is 2.88 bits per heavy atom. The first-order valence-corrected chi connectivity index (χ1v) is 11.8. The van der Waals surface area contributed by atoms with Gasteiger partial charge in [0.1, 0.15) is 23.7 Å². The number of fused-ring (bicyclic) bond motifs is 1. The normalized spacial score (nSPS) is 27.6. The largest absolute Gasteiger partial charge is 0.380 e. The van der Waals surface area contributed by atoms with Crippen molar-refractivity contribution in [3.05, 3.63) is 23.9 Å². The van der Waals surface area contributed by atoms with Gasteiger partial charge in [0.25, 0.3) is 0 Å². The zero-order valence-corrected chi connectivity index (χ0v) is 19.9. The first kappa shape index (κ1) is 22.7. The number of aliphatic imine (C=N–C) groups is 2. The minimum Gasteiger partial charge on any atom is -0.380 e. The maximum Gasteiger partial charge on any atom is 0.223 e. The lowest BCUT2D eigenvalue weighted by Gasteiger charge is -2.40. The summed E-state index contributed by atoms with van der Waals surface area (Å²) in [6.07, 6.45) is 2.68. The topological polar surface area (TPSA) is 89.7 Å². The highest BCUT2D eigenvalue weighted by Crippen LogP contribution is 2.27. The summed E-state index contributed by atoms with van der Waals surface area (Å²) in [5.74, 6) is 2.43. The van der Waals surface area contributed by atoms with Crippen molar-refractivity contribution in [1.82, 2.24) is 20.2 Å². The Kier molecular flexibility index (Phi) is 7.05. The molecule has 4 heterocycles. The number of rotatable bonds is 6. The average molecular weight is 441 g/mol. The van der Waals surface area contributed by atoms with E-state index in [1.807, 2.05) is 25.3 Å². The van der Waals surface area contributed by atoms with Crippen molar-refractivity contribution >= 4 is 23.3 Å². The third kappa shape index (κ3) is 4.78. The lowest BCUT2D eigenvalue weighted by Crippen LogP contribution is -2.58. The maximum absolute atomic E-state index is 5.62. The molecule has 9 nitrogen and oxygen atoms in total. The van der Waals surface area contributed by atoms with Crippen LogP contribution in [0.5, 0.6) is 0 Å². The van der Waals surface area contributed by atoms with Crippen molar-refractivity contribution < 1.29 is 4.74 Å². The van der Waals surface area contributed by atoms with E-state index in [4.69, 9.17) is 19.8 Å². The fraction of sp³-hybridized carbons (Fsp3) is 0.652. The minimum absolute atomic E-state index is 0.0566. The van der Waals surface area contributed by atoms with Gasteiger partial charge >= 0.3 is 0 Å². The number of aromatic nitrogens is 1. The van der Waals surface area contributed by atoms with Crippen LogP contribution < -0.4 is 10.6 Å². The van der Waals surface area contributed by atoms with Crippen LogP contribution in [0.3, 0.4) is 0 Å². The zero-order chi connectivity index (χ0) is 22.7. The van der Waals surface area contributed by atoms with Crippen molar-refractivity contribution in [2.24, 2.45) is 15.1 Å². The summed E-state index contributed by atoms with van der Waals surface area (Å²) in [4.78, 5) is 17.0. The molecule has 0 radical (unpaired) electrons. The number of piperazine rings is 1. The molecule has 4 atom stereocenters. The van der Waals surface area contributed by atoms with Crippen LogP contribution in [0.25, 0.3) is 0 Å². The molecule has 1 fully saturated rings. The standard InChI is InChI=1S/C23H36N8O/c1-6-18-20-21(31(29-18)10-11-32-7-2)22(26-19-12-15(3)8-9-24-19)28-23(27-20)30-14-16(4)25-13-17(30)5/h8-9,12,16-17,20-21,25H,6-7,10-11,13-14H2,1-5H3,(H,24,26,27,28)/t16-,17+,20?,21?/m0/s1. The van der Waals surface area contributed by atoms with Crippen LogP contribution in [-0.4, -0.2) is 89.4 Å². The fourth-order valence-electron chi connectivity index (χ4n) is 4.44. The first-order chi connectivity index (χ1) is 15.5. The molecule has 2 unspecified atom stereocenters. The van der Waals surface area contributed by atoms with E-state index in [9.17, 15) is 0 Å². The number of guanidine groups is 1. The molecule has 9 heteroatoms. The summed E-state index contributed by atoms with van der Waals surface area (Å²) < 4.78 is 5.62. The molecule has 3 aliphatic rings. The van der Waals surface area contributed by atoms with Crippen LogP contribution in [0.2, 0.25) is 0 Å². The Hall–Kier alpha value is -2.52. The number of nitrogens with zero attached hydrogens (tertiary/aromatic N) is 6. The highest BCUT2D eigenvalue weighted by molar-refractivity contribution is 6.13. The number of amidine groups is 1. The van der Waals surface area contributed by atoms with Crippen molar-refractivity contribution in [2.75, 3.05) is 38.2 Å². The number of hydrogen-bond donors (Lipinski definition) is 2. The second kappa shape index (κ2) is 9.95. The minimum atomic E-state index is -0.0767. The number of hydrazone groups is 1. The number of hydrogen-bond acceptors (Lipinski definition) is 9. The van der Waals surface area contributed by atoms with Crippen LogP contribution >= 0.6 is 0 Å². The van der Waals surface area contributed by atoms with E-state index in [2.05, 4.69) is 53.2 Å². The van der Waals surface area contributed by atoms with Gasteiger partial charge in [-0.1, -0.05) is 6.92 Å². The smallest absolute Gasteiger partial charge is 0.223 e. The van der Waals surface area contributed by atoms with E-state index < -0.39 is 0 Å². The Labute approximate surface area is 191 Å². The first-order valence-electron chi connectivity index (χ1n) is 11.8. The van der Waals surface area contributed by atoms with E-state index in [0.717, 1.165) is 48.4 Å². The number of nitrogens with one attached hydrogen (secondary N) is 2. The van der Waals surface area contributed by atoms with E-state index in [-0.39, 0.29) is 12.1 Å². The molecule has 0 aliphatic carbocycles. The third-order valence-corrected chi connectivity index (χ3v) is 6.20. The summed E-state index contributed by atoms with van der Waals surface area (Å²) in [6.45, 7) is 14.5. The van der Waals surface area contributed by atoms with Crippen LogP contribution in [-0.2, 0) is 4.74 Å². The van der Waals surface area contributed by atoms with Gasteiger partial charge in [-0.2, -0.15) is 10.1 Å². The average Bonchev–Trinajstić information content (AvgIpc) is 3.13. The highest BCUT2D eigenvalue weighted by atomic mass is 16.5. The summed E-state index contributed by atoms with van der Waals surface area (Å²) in [5, 5.41) is 14.1. The van der Waals surface area contributed by atoms with Crippen LogP contribution in [0.15, 0.2) is 33.4 Å². The molecule has 0 bridgehead atoms. The molecule has 2 N–H and O–H groups in total. The molecule has 174 valence electrons. The van der Waals surface area contributed by atoms with E-state index >= 15 is 0 Å². The molecule has 1 aromatic rings. The molecule has 32 heavy (non-hydrogen) atoms. The van der Waals surface area contributed by atoms with Gasteiger partial charge in [-0.25, -0.2) is 9.98 Å². The predicted molar refractivity (Wildman–Crippen MR) is 130 cm³/mol. The Morgan fingerprint density at radius 2 is 2.12 bits per heavy atom. The molecule has 3 aliphatic heterocycles. The summed E-state index contributed by atoms with van der Waals surface area (Å²) in [7, 11) is 0. The lowest BCUT2D eigenvalue weighted by molar-refractivity contribution is 0.111. The van der Waals surface area contributed by atoms with Crippen LogP contribution in [0.4, 0.5) is 5.82 Å². The number of pyridine rings is 1. The Bertz CT molecular complexity index is 898. The second-order valence-corrected chi connectivity index (χ2v) is 8.77. The molecule has 4 rings (SSSR count). The highest BCUT2D eigenvalue weighted by Gasteiger charge is 2.44. The van der Waals surface area contributed by atoms with E-state index in [1.54, 1.807) is 0 Å². The molecule has 0 aromatic carbocycles.